The molecule has 3 N–H and O–H groups in total. The SMILES string of the molecule is O=C(Nc1ccc(F)cc1)N1CCN(S(=O)(=O)c2sccc2-c2ccccc2Oc2ccc(O)c(O)c2)CC1. The number of urea groups is 1. The lowest BCUT2D eigenvalue weighted by molar-refractivity contribution is 0.184. The number of ether oxygens (including phenoxy) is 1. The van der Waals surface area contributed by atoms with Crippen molar-refractivity contribution in [1.82, 2.24) is 9.21 Å². The molecule has 9 nitrogen and oxygen atoms in total. The molecule has 0 aliphatic carbocycles. The van der Waals surface area contributed by atoms with Gasteiger partial charge in [-0.3, -0.25) is 0 Å². The van der Waals surface area contributed by atoms with Gasteiger partial charge in [0, 0.05) is 49.1 Å². The second-order valence-electron chi connectivity index (χ2n) is 8.70. The minimum atomic E-state index is -3.89. The van der Waals surface area contributed by atoms with Crippen LogP contribution in [0.15, 0.2) is 82.4 Å². The van der Waals surface area contributed by atoms with Crippen LogP contribution in [0.1, 0.15) is 0 Å². The number of hydrogen-bond acceptors (Lipinski definition) is 7. The van der Waals surface area contributed by atoms with E-state index in [9.17, 15) is 27.8 Å². The van der Waals surface area contributed by atoms with Crippen molar-refractivity contribution in [3.63, 3.8) is 0 Å². The highest BCUT2D eigenvalue weighted by atomic mass is 32.2. The number of carbonyl (C=O) groups excluding carboxylic acids is 1. The van der Waals surface area contributed by atoms with Crippen LogP contribution in [0.5, 0.6) is 23.0 Å². The molecule has 3 aromatic carbocycles. The van der Waals surface area contributed by atoms with Crippen LogP contribution in [-0.4, -0.2) is 60.0 Å². The van der Waals surface area contributed by atoms with E-state index in [2.05, 4.69) is 5.32 Å². The zero-order valence-corrected chi connectivity index (χ0v) is 22.1. The van der Waals surface area contributed by atoms with E-state index in [0.29, 0.717) is 22.6 Å². The first-order valence-electron chi connectivity index (χ1n) is 11.9. The van der Waals surface area contributed by atoms with E-state index in [1.54, 1.807) is 35.7 Å². The summed E-state index contributed by atoms with van der Waals surface area (Å²) in [7, 11) is -3.89. The number of para-hydroxylation sites is 1. The minimum absolute atomic E-state index is 0.113. The zero-order chi connectivity index (χ0) is 27.6. The van der Waals surface area contributed by atoms with Crippen molar-refractivity contribution < 1.29 is 32.6 Å². The Kier molecular flexibility index (Phi) is 7.42. The lowest BCUT2D eigenvalue weighted by Crippen LogP contribution is -2.51. The molecule has 1 aromatic heterocycles. The van der Waals surface area contributed by atoms with Crippen molar-refractivity contribution in [2.45, 2.75) is 4.21 Å². The number of phenolic OH excluding ortho intramolecular Hbond substituents is 2. The normalized spacial score (nSPS) is 14.2. The van der Waals surface area contributed by atoms with Gasteiger partial charge in [0.05, 0.1) is 0 Å². The number of aromatic hydroxyl groups is 2. The minimum Gasteiger partial charge on any atom is -0.504 e. The molecule has 0 atom stereocenters. The number of amides is 2. The number of benzene rings is 3. The third-order valence-corrected chi connectivity index (χ3v) is 9.54. The molecule has 2 amide bonds. The number of nitrogens with one attached hydrogen (secondary N) is 1. The number of nitrogens with zero attached hydrogens (tertiary/aromatic N) is 2. The zero-order valence-electron chi connectivity index (χ0n) is 20.5. The lowest BCUT2D eigenvalue weighted by atomic mass is 10.1. The highest BCUT2D eigenvalue weighted by Gasteiger charge is 2.33. The molecule has 0 saturated carbocycles. The maximum absolute atomic E-state index is 13.7. The maximum atomic E-state index is 13.7. The summed E-state index contributed by atoms with van der Waals surface area (Å²) in [6.07, 6.45) is 0. The van der Waals surface area contributed by atoms with Gasteiger partial charge in [-0.2, -0.15) is 4.31 Å². The van der Waals surface area contributed by atoms with Crippen molar-refractivity contribution in [3.05, 3.63) is 84.0 Å². The first-order valence-corrected chi connectivity index (χ1v) is 14.2. The standard InChI is InChI=1S/C27H24FN3O6S2/c28-18-5-7-19(8-6-18)29-27(34)30-12-14-31(15-13-30)39(35,36)26-22(11-16-38-26)21-3-1-2-4-25(21)37-20-9-10-23(32)24(33)17-20/h1-11,16-17,32-33H,12-15H2,(H,29,34). The molecule has 0 unspecified atom stereocenters. The summed E-state index contributed by atoms with van der Waals surface area (Å²) in [6, 6.07) is 17.7. The fourth-order valence-corrected chi connectivity index (χ4v) is 7.09. The van der Waals surface area contributed by atoms with E-state index in [4.69, 9.17) is 4.74 Å². The molecule has 2 heterocycles. The second kappa shape index (κ2) is 10.9. The third-order valence-electron chi connectivity index (χ3n) is 6.18. The van der Waals surface area contributed by atoms with E-state index < -0.39 is 15.8 Å². The first kappa shape index (κ1) is 26.5. The van der Waals surface area contributed by atoms with Crippen molar-refractivity contribution in [2.24, 2.45) is 0 Å². The first-order chi connectivity index (χ1) is 18.7. The predicted molar refractivity (Wildman–Crippen MR) is 145 cm³/mol. The summed E-state index contributed by atoms with van der Waals surface area (Å²) in [4.78, 5) is 14.1. The molecule has 1 aliphatic rings. The fraction of sp³-hybridized carbons (Fsp3) is 0.148. The number of phenols is 2. The average molecular weight is 570 g/mol. The van der Waals surface area contributed by atoms with Gasteiger partial charge in [0.2, 0.25) is 0 Å². The van der Waals surface area contributed by atoms with Gasteiger partial charge < -0.3 is 25.2 Å². The van der Waals surface area contributed by atoms with E-state index >= 15 is 0 Å². The van der Waals surface area contributed by atoms with Crippen molar-refractivity contribution in [1.29, 1.82) is 0 Å². The Morgan fingerprint density at radius 2 is 1.62 bits per heavy atom. The molecule has 12 heteroatoms. The van der Waals surface area contributed by atoms with Gasteiger partial charge in [-0.25, -0.2) is 17.6 Å². The van der Waals surface area contributed by atoms with Crippen LogP contribution in [0.2, 0.25) is 0 Å². The van der Waals surface area contributed by atoms with E-state index in [1.807, 2.05) is 0 Å². The van der Waals surface area contributed by atoms with E-state index in [0.717, 1.165) is 11.3 Å². The number of thiophene rings is 1. The monoisotopic (exact) mass is 569 g/mol. The molecule has 5 rings (SSSR count). The molecule has 4 aromatic rings. The summed E-state index contributed by atoms with van der Waals surface area (Å²) >= 11 is 1.09. The number of halogens is 1. The molecule has 39 heavy (non-hydrogen) atoms. The summed E-state index contributed by atoms with van der Waals surface area (Å²) in [6.45, 7) is 0.608. The van der Waals surface area contributed by atoms with Gasteiger partial charge in [-0.05, 0) is 53.9 Å². The number of anilines is 1. The Morgan fingerprint density at radius 3 is 2.33 bits per heavy atom. The van der Waals surface area contributed by atoms with Crippen LogP contribution in [0, 0.1) is 5.82 Å². The quantitative estimate of drug-likeness (QED) is 0.271. The molecule has 1 aliphatic heterocycles. The third kappa shape index (κ3) is 5.67. The Balaban J connectivity index is 1.32. The molecule has 1 fully saturated rings. The van der Waals surface area contributed by atoms with Crippen LogP contribution in [0.4, 0.5) is 14.9 Å². The van der Waals surface area contributed by atoms with Gasteiger partial charge in [0.15, 0.2) is 11.5 Å². The molecule has 0 spiro atoms. The number of rotatable bonds is 6. The predicted octanol–water partition coefficient (Wildman–Crippen LogP) is 5.30. The number of carbonyl (C=O) groups is 1. The molecule has 0 bridgehead atoms. The molecular weight excluding hydrogens is 545 g/mol. The highest BCUT2D eigenvalue weighted by Crippen LogP contribution is 2.41. The number of hydrogen-bond donors (Lipinski definition) is 3. The smallest absolute Gasteiger partial charge is 0.321 e. The summed E-state index contributed by atoms with van der Waals surface area (Å²) < 4.78 is 47.9. The van der Waals surface area contributed by atoms with Crippen LogP contribution >= 0.6 is 11.3 Å². The van der Waals surface area contributed by atoms with Crippen LogP contribution in [0.25, 0.3) is 11.1 Å². The molecule has 202 valence electrons. The Morgan fingerprint density at radius 1 is 0.897 bits per heavy atom. The molecular formula is C27H24FN3O6S2. The molecule has 1 saturated heterocycles. The van der Waals surface area contributed by atoms with Gasteiger partial charge in [-0.1, -0.05) is 18.2 Å². The van der Waals surface area contributed by atoms with E-state index in [1.165, 1.54) is 51.7 Å². The average Bonchev–Trinajstić information content (AvgIpc) is 3.43. The van der Waals surface area contributed by atoms with E-state index in [-0.39, 0.29) is 53.7 Å². The van der Waals surface area contributed by atoms with Crippen molar-refractivity contribution in [2.75, 3.05) is 31.5 Å². The number of piperazine rings is 1. The van der Waals surface area contributed by atoms with Crippen LogP contribution in [0.3, 0.4) is 0 Å². The second-order valence-corrected chi connectivity index (χ2v) is 11.7. The van der Waals surface area contributed by atoms with Crippen LogP contribution < -0.4 is 10.1 Å². The topological polar surface area (TPSA) is 119 Å². The Bertz CT molecular complexity index is 1600. The Labute approximate surface area is 228 Å². The summed E-state index contributed by atoms with van der Waals surface area (Å²) in [5, 5.41) is 23.8. The Hall–Kier alpha value is -4.13. The maximum Gasteiger partial charge on any atom is 0.321 e. The number of sulfonamides is 1. The van der Waals surface area contributed by atoms with Gasteiger partial charge in [0.25, 0.3) is 10.0 Å². The molecule has 0 radical (unpaired) electrons. The lowest BCUT2D eigenvalue weighted by Gasteiger charge is -2.33. The fourth-order valence-electron chi connectivity index (χ4n) is 4.15. The largest absolute Gasteiger partial charge is 0.504 e. The van der Waals surface area contributed by atoms with Gasteiger partial charge in [0.1, 0.15) is 21.5 Å². The van der Waals surface area contributed by atoms with Crippen molar-refractivity contribution in [3.8, 4) is 34.1 Å². The highest BCUT2D eigenvalue weighted by molar-refractivity contribution is 7.91. The summed E-state index contributed by atoms with van der Waals surface area (Å²) in [5.41, 5.74) is 1.46. The summed E-state index contributed by atoms with van der Waals surface area (Å²) in [5.74, 6) is -0.384. The van der Waals surface area contributed by atoms with Crippen LogP contribution in [-0.2, 0) is 10.0 Å². The van der Waals surface area contributed by atoms with Crippen molar-refractivity contribution >= 4 is 33.1 Å². The van der Waals surface area contributed by atoms with Gasteiger partial charge in [-0.15, -0.1) is 11.3 Å². The van der Waals surface area contributed by atoms with Gasteiger partial charge >= 0.3 is 6.03 Å².